The first-order chi connectivity index (χ1) is 18.2. The molecule has 0 bridgehead atoms. The molecule has 196 valence electrons. The summed E-state index contributed by atoms with van der Waals surface area (Å²) in [7, 11) is -4.39. The normalized spacial score (nSPS) is 16.9. The van der Waals surface area contributed by atoms with E-state index >= 15 is 0 Å². The van der Waals surface area contributed by atoms with E-state index in [2.05, 4.69) is 20.3 Å². The molecule has 0 spiro atoms. The number of hydrogen-bond acceptors (Lipinski definition) is 8. The van der Waals surface area contributed by atoms with Gasteiger partial charge in [-0.25, -0.2) is 9.50 Å². The molecule has 2 aromatic heterocycles. The van der Waals surface area contributed by atoms with Gasteiger partial charge in [-0.05, 0) is 66.9 Å². The molecule has 1 saturated carbocycles. The molecule has 1 aliphatic heterocycles. The molecule has 11 nitrogen and oxygen atoms in total. The van der Waals surface area contributed by atoms with E-state index in [-0.39, 0.29) is 18.4 Å². The van der Waals surface area contributed by atoms with Gasteiger partial charge in [-0.3, -0.25) is 9.35 Å². The predicted molar refractivity (Wildman–Crippen MR) is 142 cm³/mol. The molecule has 1 amide bonds. The molecular formula is C26H26N6O5S. The number of fused-ring (bicyclic) bond motifs is 1. The number of ether oxygens (including phenoxy) is 1. The zero-order valence-electron chi connectivity index (χ0n) is 20.4. The van der Waals surface area contributed by atoms with Gasteiger partial charge in [0.25, 0.3) is 10.1 Å². The lowest BCUT2D eigenvalue weighted by Crippen LogP contribution is -2.36. The number of carbonyl (C=O) groups excluding carboxylic acids is 1. The lowest BCUT2D eigenvalue weighted by molar-refractivity contribution is 0.1000. The predicted octanol–water partition coefficient (Wildman–Crippen LogP) is 2.95. The number of carbonyl (C=O) groups is 1. The lowest BCUT2D eigenvalue weighted by Gasteiger charge is -2.28. The minimum Gasteiger partial charge on any atom is -0.378 e. The number of benzene rings is 2. The monoisotopic (exact) mass is 534 g/mol. The summed E-state index contributed by atoms with van der Waals surface area (Å²) in [6.07, 6.45) is 2.20. The van der Waals surface area contributed by atoms with Gasteiger partial charge in [-0.1, -0.05) is 6.07 Å². The van der Waals surface area contributed by atoms with Gasteiger partial charge in [0.2, 0.25) is 11.9 Å². The number of nitrogens with two attached hydrogens (primary N) is 1. The zero-order valence-corrected chi connectivity index (χ0v) is 21.2. The van der Waals surface area contributed by atoms with Crippen LogP contribution >= 0.6 is 0 Å². The molecule has 2 fully saturated rings. The van der Waals surface area contributed by atoms with E-state index in [9.17, 15) is 17.8 Å². The number of anilines is 3. The third kappa shape index (κ3) is 4.26. The second-order valence-electron chi connectivity index (χ2n) is 9.50. The van der Waals surface area contributed by atoms with E-state index in [4.69, 9.17) is 10.5 Å². The van der Waals surface area contributed by atoms with Gasteiger partial charge < -0.3 is 20.7 Å². The Morgan fingerprint density at radius 1 is 1.05 bits per heavy atom. The highest BCUT2D eigenvalue weighted by molar-refractivity contribution is 7.87. The van der Waals surface area contributed by atoms with E-state index in [0.29, 0.717) is 41.5 Å². The Bertz CT molecular complexity index is 1640. The van der Waals surface area contributed by atoms with Crippen molar-refractivity contribution >= 4 is 38.9 Å². The van der Waals surface area contributed by atoms with Crippen molar-refractivity contribution in [2.24, 2.45) is 5.73 Å². The van der Waals surface area contributed by atoms with Gasteiger partial charge in [0.1, 0.15) is 4.75 Å². The topological polar surface area (TPSA) is 152 Å². The second kappa shape index (κ2) is 9.08. The van der Waals surface area contributed by atoms with Crippen LogP contribution in [-0.4, -0.2) is 59.8 Å². The third-order valence-corrected chi connectivity index (χ3v) is 8.78. The molecule has 12 heteroatoms. The van der Waals surface area contributed by atoms with Crippen molar-refractivity contribution < 1.29 is 22.5 Å². The van der Waals surface area contributed by atoms with Crippen molar-refractivity contribution in [3.8, 4) is 11.3 Å². The van der Waals surface area contributed by atoms with Crippen LogP contribution in [0.2, 0.25) is 0 Å². The summed E-state index contributed by atoms with van der Waals surface area (Å²) in [5.41, 5.74) is 9.71. The van der Waals surface area contributed by atoms with Gasteiger partial charge >= 0.3 is 0 Å². The summed E-state index contributed by atoms with van der Waals surface area (Å²) < 4.78 is 40.3. The zero-order chi connectivity index (χ0) is 26.5. The molecule has 0 unspecified atom stereocenters. The van der Waals surface area contributed by atoms with Crippen LogP contribution in [0.1, 0.15) is 28.8 Å². The number of amides is 1. The van der Waals surface area contributed by atoms with E-state index in [1.54, 1.807) is 35.0 Å². The van der Waals surface area contributed by atoms with Crippen LogP contribution in [0.5, 0.6) is 0 Å². The number of morpholine rings is 1. The largest absolute Gasteiger partial charge is 0.378 e. The maximum atomic E-state index is 12.3. The Morgan fingerprint density at radius 3 is 2.45 bits per heavy atom. The van der Waals surface area contributed by atoms with Crippen LogP contribution in [-0.2, 0) is 19.6 Å². The maximum absolute atomic E-state index is 12.3. The van der Waals surface area contributed by atoms with Gasteiger partial charge in [0.15, 0.2) is 0 Å². The minimum atomic E-state index is -4.39. The molecule has 1 aliphatic carbocycles. The fourth-order valence-corrected chi connectivity index (χ4v) is 6.03. The van der Waals surface area contributed by atoms with Crippen LogP contribution in [0.3, 0.4) is 0 Å². The molecule has 1 saturated heterocycles. The Morgan fingerprint density at radius 2 is 1.79 bits per heavy atom. The van der Waals surface area contributed by atoms with Crippen LogP contribution in [0.15, 0.2) is 60.8 Å². The average molecular weight is 535 g/mol. The van der Waals surface area contributed by atoms with Crippen molar-refractivity contribution in [3.05, 3.63) is 71.9 Å². The number of nitrogens with zero attached hydrogens (tertiary/aromatic N) is 4. The first-order valence-electron chi connectivity index (χ1n) is 12.2. The van der Waals surface area contributed by atoms with Crippen LogP contribution in [0, 0.1) is 0 Å². The summed E-state index contributed by atoms with van der Waals surface area (Å²) >= 11 is 0. The molecular weight excluding hydrogens is 508 g/mol. The lowest BCUT2D eigenvalue weighted by atomic mass is 9.97. The van der Waals surface area contributed by atoms with Crippen LogP contribution < -0.4 is 16.0 Å². The number of primary amides is 1. The maximum Gasteiger partial charge on any atom is 0.274 e. The SMILES string of the molecule is NC(=O)c1ccc(C2(S(=O)(=O)O)CC2)c(-c2ccc3cnc(Nc4ccc(N5CCOCC5)cc4)nn23)c1. The van der Waals surface area contributed by atoms with E-state index in [0.717, 1.165) is 24.5 Å². The quantitative estimate of drug-likeness (QED) is 0.304. The van der Waals surface area contributed by atoms with E-state index in [1.165, 1.54) is 6.07 Å². The first kappa shape index (κ1) is 24.3. The molecule has 2 aromatic carbocycles. The highest BCUT2D eigenvalue weighted by atomic mass is 32.2. The highest BCUT2D eigenvalue weighted by Crippen LogP contribution is 2.55. The number of hydrogen-bond donors (Lipinski definition) is 3. The molecule has 2 aliphatic rings. The highest BCUT2D eigenvalue weighted by Gasteiger charge is 2.56. The third-order valence-electron chi connectivity index (χ3n) is 7.17. The van der Waals surface area contributed by atoms with Gasteiger partial charge in [0.05, 0.1) is 30.6 Å². The smallest absolute Gasteiger partial charge is 0.274 e. The standard InChI is InChI=1S/C26H26N6O5S/c27-24(33)17-1-7-22(26(9-10-26)38(34,35)36)21(15-17)23-8-6-20-16-28-25(30-32(20)23)29-18-2-4-19(5-3-18)31-11-13-37-14-12-31/h1-8,15-16H,9-14H2,(H2,27,33)(H,29,30)(H,34,35,36). The van der Waals surface area contributed by atoms with Gasteiger partial charge in [0, 0.05) is 35.6 Å². The second-order valence-corrected chi connectivity index (χ2v) is 11.2. The molecule has 0 radical (unpaired) electrons. The minimum absolute atomic E-state index is 0.220. The van der Waals surface area contributed by atoms with Gasteiger partial charge in [-0.2, -0.15) is 8.42 Å². The molecule has 4 aromatic rings. The average Bonchev–Trinajstić information content (AvgIpc) is 3.64. The number of aromatic nitrogens is 3. The number of rotatable bonds is 7. The van der Waals surface area contributed by atoms with Crippen LogP contribution in [0.25, 0.3) is 16.8 Å². The Hall–Kier alpha value is -4.00. The summed E-state index contributed by atoms with van der Waals surface area (Å²) in [6, 6.07) is 16.1. The van der Waals surface area contributed by atoms with Crippen molar-refractivity contribution in [1.82, 2.24) is 14.6 Å². The Kier molecular flexibility index (Phi) is 5.82. The first-order valence-corrected chi connectivity index (χ1v) is 13.7. The molecule has 4 N–H and O–H groups in total. The van der Waals surface area contributed by atoms with Crippen molar-refractivity contribution in [1.29, 1.82) is 0 Å². The summed E-state index contributed by atoms with van der Waals surface area (Å²) in [5.74, 6) is -0.314. The number of nitrogens with one attached hydrogen (secondary N) is 1. The molecule has 38 heavy (non-hydrogen) atoms. The van der Waals surface area contributed by atoms with E-state index in [1.807, 2.05) is 24.3 Å². The van der Waals surface area contributed by atoms with Gasteiger partial charge in [-0.15, -0.1) is 5.10 Å². The Labute approximate surface area is 219 Å². The van der Waals surface area contributed by atoms with E-state index < -0.39 is 20.8 Å². The summed E-state index contributed by atoms with van der Waals surface area (Å²) in [4.78, 5) is 18.6. The fourth-order valence-electron chi connectivity index (χ4n) is 4.96. The van der Waals surface area contributed by atoms with Crippen LogP contribution in [0.4, 0.5) is 17.3 Å². The molecule has 3 heterocycles. The van der Waals surface area contributed by atoms with Crippen molar-refractivity contribution in [3.63, 3.8) is 0 Å². The van der Waals surface area contributed by atoms with Crippen molar-refractivity contribution in [2.45, 2.75) is 17.6 Å². The summed E-state index contributed by atoms with van der Waals surface area (Å²) in [5, 5.41) is 7.85. The Balaban J connectivity index is 1.37. The fraction of sp³-hybridized carbons (Fsp3) is 0.269. The van der Waals surface area contributed by atoms with Crippen molar-refractivity contribution in [2.75, 3.05) is 36.5 Å². The molecule has 0 atom stereocenters. The summed E-state index contributed by atoms with van der Waals surface area (Å²) in [6.45, 7) is 3.12. The molecule has 6 rings (SSSR count).